The van der Waals surface area contributed by atoms with E-state index in [1.54, 1.807) is 0 Å². The maximum absolute atomic E-state index is 12.6. The lowest BCUT2D eigenvalue weighted by molar-refractivity contribution is -0.133. The van der Waals surface area contributed by atoms with Crippen molar-refractivity contribution in [3.63, 3.8) is 0 Å². The van der Waals surface area contributed by atoms with Crippen LogP contribution in [0.2, 0.25) is 0 Å². The van der Waals surface area contributed by atoms with Crippen LogP contribution >= 0.6 is 0 Å². The van der Waals surface area contributed by atoms with Crippen molar-refractivity contribution in [2.75, 3.05) is 32.8 Å². The van der Waals surface area contributed by atoms with Crippen LogP contribution in [0.15, 0.2) is 0 Å². The Morgan fingerprint density at radius 2 is 2.00 bits per heavy atom. The van der Waals surface area contributed by atoms with Gasteiger partial charge in [0.2, 0.25) is 5.91 Å². The Balaban J connectivity index is 1.94. The van der Waals surface area contributed by atoms with Crippen molar-refractivity contribution < 1.29 is 9.53 Å². The first-order valence-electron chi connectivity index (χ1n) is 7.93. The van der Waals surface area contributed by atoms with Gasteiger partial charge in [-0.2, -0.15) is 0 Å². The van der Waals surface area contributed by atoms with E-state index in [1.807, 2.05) is 4.90 Å². The van der Waals surface area contributed by atoms with Gasteiger partial charge in [0.05, 0.1) is 25.4 Å². The maximum Gasteiger partial charge on any atom is 0.241 e. The first-order valence-corrected chi connectivity index (χ1v) is 7.93. The average Bonchev–Trinajstić information content (AvgIpc) is 2.74. The highest BCUT2D eigenvalue weighted by Crippen LogP contribution is 2.21. The van der Waals surface area contributed by atoms with Crippen molar-refractivity contribution in [3.05, 3.63) is 0 Å². The van der Waals surface area contributed by atoms with Crippen molar-refractivity contribution in [3.8, 4) is 0 Å². The van der Waals surface area contributed by atoms with E-state index in [9.17, 15) is 4.79 Å². The normalized spacial score (nSPS) is 31.6. The molecule has 0 aromatic heterocycles. The molecular formula is C15H29N3O2. The summed E-state index contributed by atoms with van der Waals surface area (Å²) in [7, 11) is 0. The quantitative estimate of drug-likeness (QED) is 0.814. The summed E-state index contributed by atoms with van der Waals surface area (Å²) in [6.07, 6.45) is 1.17. The fourth-order valence-corrected chi connectivity index (χ4v) is 3.25. The minimum absolute atomic E-state index is 0.0119. The number of hydrogen-bond acceptors (Lipinski definition) is 4. The molecule has 0 aliphatic carbocycles. The Morgan fingerprint density at radius 1 is 1.35 bits per heavy atom. The van der Waals surface area contributed by atoms with E-state index >= 15 is 0 Å². The summed E-state index contributed by atoms with van der Waals surface area (Å²) in [5.74, 6) is 0.665. The van der Waals surface area contributed by atoms with Gasteiger partial charge >= 0.3 is 0 Å². The molecule has 5 heteroatoms. The standard InChI is InChI=1S/C15H29N3O2/c1-5-11(2)14-15(19)18(13(4)16-14)12(3)10-17-6-8-20-9-7-17/h11-14,16H,5-10H2,1-4H3. The van der Waals surface area contributed by atoms with Gasteiger partial charge in [0.25, 0.3) is 0 Å². The second-order valence-corrected chi connectivity index (χ2v) is 6.21. The molecular weight excluding hydrogens is 254 g/mol. The SMILES string of the molecule is CCC(C)C1NC(C)N(C(C)CN2CCOCC2)C1=O. The predicted molar refractivity (Wildman–Crippen MR) is 79.4 cm³/mol. The molecule has 0 spiro atoms. The van der Waals surface area contributed by atoms with Gasteiger partial charge in [0.15, 0.2) is 0 Å². The summed E-state index contributed by atoms with van der Waals surface area (Å²) in [5, 5.41) is 3.46. The lowest BCUT2D eigenvalue weighted by Gasteiger charge is -2.34. The Labute approximate surface area is 122 Å². The number of carbonyl (C=O) groups excluding carboxylic acids is 1. The largest absolute Gasteiger partial charge is 0.379 e. The third-order valence-electron chi connectivity index (χ3n) is 4.67. The van der Waals surface area contributed by atoms with Crippen molar-refractivity contribution in [1.29, 1.82) is 0 Å². The van der Waals surface area contributed by atoms with Crippen LogP contribution in [0, 0.1) is 5.92 Å². The summed E-state index contributed by atoms with van der Waals surface area (Å²) in [5.41, 5.74) is 0. The van der Waals surface area contributed by atoms with E-state index in [-0.39, 0.29) is 24.2 Å². The summed E-state index contributed by atoms with van der Waals surface area (Å²) in [6.45, 7) is 13.1. The van der Waals surface area contributed by atoms with Gasteiger partial charge in [0, 0.05) is 25.7 Å². The minimum Gasteiger partial charge on any atom is -0.379 e. The zero-order valence-electron chi connectivity index (χ0n) is 13.3. The number of nitrogens with one attached hydrogen (secondary N) is 1. The van der Waals surface area contributed by atoms with Crippen molar-refractivity contribution in [2.45, 2.75) is 52.4 Å². The molecule has 0 aromatic rings. The third kappa shape index (κ3) is 3.32. The topological polar surface area (TPSA) is 44.8 Å². The number of hydrogen-bond donors (Lipinski definition) is 1. The molecule has 2 rings (SSSR count). The van der Waals surface area contributed by atoms with Crippen LogP contribution in [-0.2, 0) is 9.53 Å². The number of morpholine rings is 1. The molecule has 4 atom stereocenters. The first kappa shape index (κ1) is 15.7. The molecule has 0 bridgehead atoms. The van der Waals surface area contributed by atoms with E-state index in [1.165, 1.54) is 0 Å². The number of nitrogens with zero attached hydrogens (tertiary/aromatic N) is 2. The van der Waals surface area contributed by atoms with Crippen LogP contribution in [0.1, 0.15) is 34.1 Å². The number of rotatable bonds is 5. The molecule has 20 heavy (non-hydrogen) atoms. The fourth-order valence-electron chi connectivity index (χ4n) is 3.25. The van der Waals surface area contributed by atoms with Crippen molar-refractivity contribution in [2.24, 2.45) is 5.92 Å². The van der Waals surface area contributed by atoms with Crippen LogP contribution in [0.5, 0.6) is 0 Å². The van der Waals surface area contributed by atoms with Gasteiger partial charge in [0.1, 0.15) is 0 Å². The van der Waals surface area contributed by atoms with Gasteiger partial charge in [-0.25, -0.2) is 0 Å². The van der Waals surface area contributed by atoms with Gasteiger partial charge in [-0.05, 0) is 19.8 Å². The molecule has 2 saturated heterocycles. The van der Waals surface area contributed by atoms with Crippen molar-refractivity contribution in [1.82, 2.24) is 15.1 Å². The highest BCUT2D eigenvalue weighted by atomic mass is 16.5. The number of amides is 1. The Bertz CT molecular complexity index is 331. The summed E-state index contributed by atoms with van der Waals surface area (Å²) < 4.78 is 5.38. The van der Waals surface area contributed by atoms with Gasteiger partial charge in [-0.3, -0.25) is 15.0 Å². The first-order chi connectivity index (χ1) is 9.54. The lowest BCUT2D eigenvalue weighted by Crippen LogP contribution is -2.49. The second kappa shape index (κ2) is 6.87. The third-order valence-corrected chi connectivity index (χ3v) is 4.67. The number of ether oxygens (including phenoxy) is 1. The van der Waals surface area contributed by atoms with E-state index in [0.29, 0.717) is 5.92 Å². The molecule has 4 unspecified atom stereocenters. The maximum atomic E-state index is 12.6. The molecule has 2 heterocycles. The molecule has 0 saturated carbocycles. The van der Waals surface area contributed by atoms with Crippen LogP contribution < -0.4 is 5.32 Å². The summed E-state index contributed by atoms with van der Waals surface area (Å²) >= 11 is 0. The van der Waals surface area contributed by atoms with Crippen LogP contribution in [-0.4, -0.2) is 66.8 Å². The Morgan fingerprint density at radius 3 is 2.60 bits per heavy atom. The fraction of sp³-hybridized carbons (Fsp3) is 0.933. The molecule has 1 amide bonds. The zero-order chi connectivity index (χ0) is 14.7. The molecule has 5 nitrogen and oxygen atoms in total. The molecule has 116 valence electrons. The monoisotopic (exact) mass is 283 g/mol. The molecule has 2 fully saturated rings. The Kier molecular flexibility index (Phi) is 5.41. The van der Waals surface area contributed by atoms with Crippen LogP contribution in [0.25, 0.3) is 0 Å². The smallest absolute Gasteiger partial charge is 0.241 e. The van der Waals surface area contributed by atoms with E-state index in [4.69, 9.17) is 4.74 Å². The summed E-state index contributed by atoms with van der Waals surface area (Å²) in [4.78, 5) is 17.0. The molecule has 1 N–H and O–H groups in total. The average molecular weight is 283 g/mol. The molecule has 2 aliphatic heterocycles. The van der Waals surface area contributed by atoms with E-state index in [2.05, 4.69) is 37.9 Å². The second-order valence-electron chi connectivity index (χ2n) is 6.21. The number of carbonyl (C=O) groups is 1. The molecule has 0 radical (unpaired) electrons. The van der Waals surface area contributed by atoms with Gasteiger partial charge in [-0.1, -0.05) is 20.3 Å². The lowest BCUT2D eigenvalue weighted by atomic mass is 9.99. The minimum atomic E-state index is -0.0119. The van der Waals surface area contributed by atoms with E-state index in [0.717, 1.165) is 39.3 Å². The van der Waals surface area contributed by atoms with Gasteiger partial charge in [-0.15, -0.1) is 0 Å². The molecule has 0 aromatic carbocycles. The molecule has 2 aliphatic rings. The Hall–Kier alpha value is -0.650. The summed E-state index contributed by atoms with van der Waals surface area (Å²) in [6, 6.07) is 0.235. The highest BCUT2D eigenvalue weighted by Gasteiger charge is 2.41. The van der Waals surface area contributed by atoms with Crippen LogP contribution in [0.3, 0.4) is 0 Å². The highest BCUT2D eigenvalue weighted by molar-refractivity contribution is 5.84. The van der Waals surface area contributed by atoms with Crippen LogP contribution in [0.4, 0.5) is 0 Å². The zero-order valence-corrected chi connectivity index (χ0v) is 13.3. The predicted octanol–water partition coefficient (Wildman–Crippen LogP) is 0.900. The van der Waals surface area contributed by atoms with Crippen molar-refractivity contribution >= 4 is 5.91 Å². The van der Waals surface area contributed by atoms with Gasteiger partial charge < -0.3 is 9.64 Å². The van der Waals surface area contributed by atoms with E-state index < -0.39 is 0 Å².